The largest absolute Gasteiger partial charge is 0.497 e. The van der Waals surface area contributed by atoms with Gasteiger partial charge in [0.05, 0.1) is 19.6 Å². The molecule has 0 fully saturated rings. The lowest BCUT2D eigenvalue weighted by Crippen LogP contribution is -2.07. The average Bonchev–Trinajstić information content (AvgIpc) is 2.80. The molecule has 6 nitrogen and oxygen atoms in total. The van der Waals surface area contributed by atoms with Crippen LogP contribution in [0.1, 0.15) is 11.3 Å². The van der Waals surface area contributed by atoms with E-state index >= 15 is 0 Å². The van der Waals surface area contributed by atoms with Crippen LogP contribution in [0.4, 0.5) is 0 Å². The summed E-state index contributed by atoms with van der Waals surface area (Å²) in [5.74, 6) is 2.99. The van der Waals surface area contributed by atoms with Crippen LogP contribution < -0.4 is 24.4 Å². The number of para-hydroxylation sites is 1. The maximum absolute atomic E-state index is 13.0. The predicted molar refractivity (Wildman–Crippen MR) is 118 cm³/mol. The Bertz CT molecular complexity index is 1270. The van der Waals surface area contributed by atoms with Gasteiger partial charge in [-0.05, 0) is 37.3 Å². The lowest BCUT2D eigenvalue weighted by molar-refractivity contribution is 0.296. The van der Waals surface area contributed by atoms with Crippen LogP contribution in [0.15, 0.2) is 75.9 Å². The molecule has 0 N–H and O–H groups in total. The van der Waals surface area contributed by atoms with Crippen molar-refractivity contribution < 1.29 is 23.4 Å². The summed E-state index contributed by atoms with van der Waals surface area (Å²) in [6.07, 6.45) is 0. The fourth-order valence-electron chi connectivity index (χ4n) is 3.24. The zero-order chi connectivity index (χ0) is 21.8. The third kappa shape index (κ3) is 4.33. The summed E-state index contributed by atoms with van der Waals surface area (Å²) >= 11 is 0. The van der Waals surface area contributed by atoms with E-state index in [1.165, 1.54) is 0 Å². The molecule has 0 spiro atoms. The molecular weight excluding hydrogens is 396 g/mol. The molecule has 0 unspecified atom stereocenters. The van der Waals surface area contributed by atoms with Crippen LogP contribution in [0, 0.1) is 6.92 Å². The highest BCUT2D eigenvalue weighted by Gasteiger charge is 2.15. The van der Waals surface area contributed by atoms with Crippen molar-refractivity contribution in [1.29, 1.82) is 0 Å². The van der Waals surface area contributed by atoms with Crippen LogP contribution in [0.25, 0.3) is 11.0 Å². The molecule has 1 aromatic heterocycles. The molecule has 0 aliphatic carbocycles. The highest BCUT2D eigenvalue weighted by atomic mass is 16.5. The number of hydrogen-bond acceptors (Lipinski definition) is 6. The first kappa shape index (κ1) is 20.3. The second-order valence-electron chi connectivity index (χ2n) is 6.86. The van der Waals surface area contributed by atoms with E-state index in [9.17, 15) is 4.79 Å². The van der Waals surface area contributed by atoms with Gasteiger partial charge in [0.15, 0.2) is 0 Å². The van der Waals surface area contributed by atoms with Gasteiger partial charge in [-0.1, -0.05) is 24.3 Å². The second kappa shape index (κ2) is 8.83. The van der Waals surface area contributed by atoms with Crippen LogP contribution in [0.3, 0.4) is 0 Å². The minimum absolute atomic E-state index is 0.142. The van der Waals surface area contributed by atoms with Crippen molar-refractivity contribution in [3.63, 3.8) is 0 Å². The van der Waals surface area contributed by atoms with E-state index < -0.39 is 0 Å². The molecule has 0 atom stereocenters. The summed E-state index contributed by atoms with van der Waals surface area (Å²) < 4.78 is 28.1. The zero-order valence-corrected chi connectivity index (χ0v) is 17.5. The SMILES string of the molecule is COc1cccc(Oc2c(C)oc3cc(OCc4ccccc4OC)ccc3c2=O)c1. The normalized spacial score (nSPS) is 10.7. The number of ether oxygens (including phenoxy) is 4. The summed E-state index contributed by atoms with van der Waals surface area (Å²) in [7, 11) is 3.19. The average molecular weight is 418 g/mol. The smallest absolute Gasteiger partial charge is 0.235 e. The zero-order valence-electron chi connectivity index (χ0n) is 17.5. The Morgan fingerprint density at radius 1 is 0.839 bits per heavy atom. The van der Waals surface area contributed by atoms with Crippen LogP contribution in [-0.2, 0) is 6.61 Å². The Hall–Kier alpha value is -3.93. The quantitative estimate of drug-likeness (QED) is 0.395. The predicted octanol–water partition coefficient (Wildman–Crippen LogP) is 5.49. The number of rotatable bonds is 7. The minimum atomic E-state index is -0.252. The van der Waals surface area contributed by atoms with Gasteiger partial charge in [-0.2, -0.15) is 0 Å². The van der Waals surface area contributed by atoms with Crippen molar-refractivity contribution in [2.75, 3.05) is 14.2 Å². The van der Waals surface area contributed by atoms with E-state index in [2.05, 4.69) is 0 Å². The monoisotopic (exact) mass is 418 g/mol. The van der Waals surface area contributed by atoms with Gasteiger partial charge in [0.2, 0.25) is 11.2 Å². The molecule has 0 saturated heterocycles. The summed E-state index contributed by atoms with van der Waals surface area (Å²) in [4.78, 5) is 13.0. The van der Waals surface area contributed by atoms with E-state index in [0.717, 1.165) is 11.3 Å². The van der Waals surface area contributed by atoms with Crippen molar-refractivity contribution in [3.05, 3.63) is 88.3 Å². The Kier molecular flexibility index (Phi) is 5.80. The summed E-state index contributed by atoms with van der Waals surface area (Å²) in [6.45, 7) is 2.02. The first-order valence-electron chi connectivity index (χ1n) is 9.73. The number of fused-ring (bicyclic) bond motifs is 1. The molecule has 31 heavy (non-hydrogen) atoms. The standard InChI is InChI=1S/C25H22O6/c1-16-25(31-20-9-6-8-18(13-20)27-2)24(26)21-12-11-19(14-23(21)30-16)29-15-17-7-4-5-10-22(17)28-3/h4-14H,15H2,1-3H3. The molecule has 0 aliphatic heterocycles. The van der Waals surface area contributed by atoms with Crippen molar-refractivity contribution in [3.8, 4) is 28.7 Å². The van der Waals surface area contributed by atoms with Crippen molar-refractivity contribution in [2.24, 2.45) is 0 Å². The molecule has 158 valence electrons. The van der Waals surface area contributed by atoms with E-state index in [4.69, 9.17) is 23.4 Å². The summed E-state index contributed by atoms with van der Waals surface area (Å²) in [5.41, 5.74) is 1.10. The number of aryl methyl sites for hydroxylation is 1. The maximum Gasteiger partial charge on any atom is 0.235 e. The Balaban J connectivity index is 1.61. The molecule has 1 heterocycles. The van der Waals surface area contributed by atoms with Crippen molar-refractivity contribution in [2.45, 2.75) is 13.5 Å². The van der Waals surface area contributed by atoms with Crippen LogP contribution in [0.2, 0.25) is 0 Å². The third-order valence-electron chi connectivity index (χ3n) is 4.83. The number of methoxy groups -OCH3 is 2. The van der Waals surface area contributed by atoms with Gasteiger partial charge < -0.3 is 23.4 Å². The number of hydrogen-bond donors (Lipinski definition) is 0. The second-order valence-corrected chi connectivity index (χ2v) is 6.86. The van der Waals surface area contributed by atoms with Crippen LogP contribution >= 0.6 is 0 Å². The summed E-state index contributed by atoms with van der Waals surface area (Å²) in [6, 6.07) is 19.8. The molecule has 4 rings (SSSR count). The fourth-order valence-corrected chi connectivity index (χ4v) is 3.24. The molecule has 0 bridgehead atoms. The van der Waals surface area contributed by atoms with Crippen LogP contribution in [0.5, 0.6) is 28.7 Å². The van der Waals surface area contributed by atoms with E-state index in [-0.39, 0.29) is 11.2 Å². The van der Waals surface area contributed by atoms with Crippen molar-refractivity contribution in [1.82, 2.24) is 0 Å². The lowest BCUT2D eigenvalue weighted by atomic mass is 10.2. The Labute approximate surface area is 179 Å². The maximum atomic E-state index is 13.0. The Morgan fingerprint density at radius 3 is 2.45 bits per heavy atom. The van der Waals surface area contributed by atoms with Gasteiger partial charge >= 0.3 is 0 Å². The molecule has 4 aromatic rings. The van der Waals surface area contributed by atoms with Crippen LogP contribution in [-0.4, -0.2) is 14.2 Å². The molecule has 0 radical (unpaired) electrons. The fraction of sp³-hybridized carbons (Fsp3) is 0.160. The molecular formula is C25H22O6. The molecule has 3 aromatic carbocycles. The molecule has 0 aliphatic rings. The minimum Gasteiger partial charge on any atom is -0.497 e. The highest BCUT2D eigenvalue weighted by Crippen LogP contribution is 2.29. The highest BCUT2D eigenvalue weighted by molar-refractivity contribution is 5.79. The van der Waals surface area contributed by atoms with E-state index in [1.54, 1.807) is 63.6 Å². The van der Waals surface area contributed by atoms with Gasteiger partial charge in [-0.15, -0.1) is 0 Å². The van der Waals surface area contributed by atoms with Crippen molar-refractivity contribution >= 4 is 11.0 Å². The molecule has 0 amide bonds. The Morgan fingerprint density at radius 2 is 1.65 bits per heavy atom. The third-order valence-corrected chi connectivity index (χ3v) is 4.83. The lowest BCUT2D eigenvalue weighted by Gasteiger charge is -2.12. The van der Waals surface area contributed by atoms with E-state index in [1.807, 2.05) is 24.3 Å². The van der Waals surface area contributed by atoms with E-state index in [0.29, 0.717) is 40.6 Å². The first-order chi connectivity index (χ1) is 15.1. The number of benzene rings is 3. The van der Waals surface area contributed by atoms with Gasteiger partial charge in [0.25, 0.3) is 0 Å². The first-order valence-corrected chi connectivity index (χ1v) is 9.73. The van der Waals surface area contributed by atoms with Gasteiger partial charge in [0.1, 0.15) is 40.9 Å². The topological polar surface area (TPSA) is 67.1 Å². The summed E-state index contributed by atoms with van der Waals surface area (Å²) in [5, 5.41) is 0.410. The molecule has 0 saturated carbocycles. The van der Waals surface area contributed by atoms with Gasteiger partial charge in [0, 0.05) is 17.7 Å². The van der Waals surface area contributed by atoms with Gasteiger partial charge in [-0.25, -0.2) is 0 Å². The van der Waals surface area contributed by atoms with Gasteiger partial charge in [-0.3, -0.25) is 4.79 Å². The molecule has 6 heteroatoms.